The van der Waals surface area contributed by atoms with Gasteiger partial charge in [-0.25, -0.2) is 9.50 Å². The minimum Gasteiger partial charge on any atom is -0.338 e. The van der Waals surface area contributed by atoms with E-state index < -0.39 is 0 Å². The number of carbonyl (C=O) groups excluding carboxylic acids is 1. The molecule has 3 aromatic rings. The molecule has 0 aliphatic carbocycles. The van der Waals surface area contributed by atoms with Crippen molar-refractivity contribution in [3.8, 4) is 11.3 Å². The number of nitrogens with one attached hydrogen (secondary N) is 1. The number of hydrogen-bond donors (Lipinski definition) is 1. The maximum absolute atomic E-state index is 13.2. The van der Waals surface area contributed by atoms with E-state index in [1.54, 1.807) is 16.9 Å². The molecule has 0 spiro atoms. The summed E-state index contributed by atoms with van der Waals surface area (Å²) in [6.07, 6.45) is 7.91. The van der Waals surface area contributed by atoms with Crippen molar-refractivity contribution in [3.05, 3.63) is 54.4 Å². The molecular weight excluding hydrogens is 338 g/mol. The van der Waals surface area contributed by atoms with Crippen LogP contribution in [0.15, 0.2) is 48.8 Å². The molecule has 6 nitrogen and oxygen atoms in total. The van der Waals surface area contributed by atoms with E-state index in [9.17, 15) is 4.79 Å². The molecular formula is C21H23N5O. The predicted octanol–water partition coefficient (Wildman–Crippen LogP) is 2.75. The first-order chi connectivity index (χ1) is 13.2. The quantitative estimate of drug-likeness (QED) is 0.779. The van der Waals surface area contributed by atoms with Crippen LogP contribution in [0.1, 0.15) is 36.0 Å². The highest BCUT2D eigenvalue weighted by Crippen LogP contribution is 2.30. The summed E-state index contributed by atoms with van der Waals surface area (Å²) in [5, 5.41) is 8.12. The average Bonchev–Trinajstić information content (AvgIpc) is 3.30. The highest BCUT2D eigenvalue weighted by Gasteiger charge is 2.37. The fourth-order valence-corrected chi connectivity index (χ4v) is 4.57. The molecule has 1 N–H and O–H groups in total. The third kappa shape index (κ3) is 2.80. The summed E-state index contributed by atoms with van der Waals surface area (Å²) in [6, 6.07) is 13.4. The summed E-state index contributed by atoms with van der Waals surface area (Å²) in [5.74, 6) is 0.00834. The second-order valence-corrected chi connectivity index (χ2v) is 7.67. The molecule has 2 aliphatic heterocycles. The molecule has 27 heavy (non-hydrogen) atoms. The number of nitrogens with zero attached hydrogens (tertiary/aromatic N) is 4. The smallest absolute Gasteiger partial charge is 0.259 e. The van der Waals surface area contributed by atoms with Gasteiger partial charge in [0.15, 0.2) is 5.65 Å². The lowest BCUT2D eigenvalue weighted by Gasteiger charge is -2.35. The SMILES string of the molecule is CN(C(=O)c1cnn2c(-c3ccccc3)ccnc12)C1CC2CCC(C1)N2. The molecule has 138 valence electrons. The van der Waals surface area contributed by atoms with E-state index >= 15 is 0 Å². The molecule has 2 atom stereocenters. The van der Waals surface area contributed by atoms with Gasteiger partial charge in [-0.3, -0.25) is 4.79 Å². The fraction of sp³-hybridized carbons (Fsp3) is 0.381. The Kier molecular flexibility index (Phi) is 3.93. The van der Waals surface area contributed by atoms with Crippen LogP contribution in [0, 0.1) is 0 Å². The third-order valence-corrected chi connectivity index (χ3v) is 6.02. The number of amides is 1. The van der Waals surface area contributed by atoms with E-state index in [1.165, 1.54) is 12.8 Å². The first kappa shape index (κ1) is 16.4. The summed E-state index contributed by atoms with van der Waals surface area (Å²) in [6.45, 7) is 0. The lowest BCUT2D eigenvalue weighted by Crippen LogP contribution is -2.48. The van der Waals surface area contributed by atoms with Crippen LogP contribution in [0.5, 0.6) is 0 Å². The molecule has 2 unspecified atom stereocenters. The van der Waals surface area contributed by atoms with Gasteiger partial charge in [0, 0.05) is 36.9 Å². The molecule has 4 heterocycles. The summed E-state index contributed by atoms with van der Waals surface area (Å²) in [5.41, 5.74) is 3.17. The Bertz CT molecular complexity index is 971. The van der Waals surface area contributed by atoms with E-state index in [2.05, 4.69) is 15.4 Å². The lowest BCUT2D eigenvalue weighted by atomic mass is 9.98. The second-order valence-electron chi connectivity index (χ2n) is 7.67. The molecule has 2 aliphatic rings. The standard InChI is InChI=1S/C21H23N5O/c1-25(17-11-15-7-8-16(12-17)24-15)21(27)18-13-23-26-19(9-10-22-20(18)26)14-5-3-2-4-6-14/h2-6,9-10,13,15-17,24H,7-8,11-12H2,1H3. The van der Waals surface area contributed by atoms with Crippen LogP contribution in [0.25, 0.3) is 16.9 Å². The van der Waals surface area contributed by atoms with E-state index in [-0.39, 0.29) is 11.9 Å². The van der Waals surface area contributed by atoms with Crippen molar-refractivity contribution in [2.24, 2.45) is 0 Å². The highest BCUT2D eigenvalue weighted by molar-refractivity contribution is 6.00. The van der Waals surface area contributed by atoms with Crippen LogP contribution < -0.4 is 5.32 Å². The van der Waals surface area contributed by atoms with Gasteiger partial charge in [0.05, 0.1) is 11.9 Å². The molecule has 1 aromatic carbocycles. The molecule has 2 aromatic heterocycles. The van der Waals surface area contributed by atoms with Crippen LogP contribution in [-0.4, -0.2) is 50.6 Å². The molecule has 0 saturated carbocycles. The lowest BCUT2D eigenvalue weighted by molar-refractivity contribution is 0.0683. The van der Waals surface area contributed by atoms with Crippen LogP contribution in [0.4, 0.5) is 0 Å². The fourth-order valence-electron chi connectivity index (χ4n) is 4.57. The molecule has 2 bridgehead atoms. The Balaban J connectivity index is 1.47. The Morgan fingerprint density at radius 2 is 1.89 bits per heavy atom. The Labute approximate surface area is 158 Å². The third-order valence-electron chi connectivity index (χ3n) is 6.02. The van der Waals surface area contributed by atoms with E-state index in [1.807, 2.05) is 48.3 Å². The van der Waals surface area contributed by atoms with E-state index in [0.717, 1.165) is 24.1 Å². The molecule has 2 saturated heterocycles. The molecule has 1 amide bonds. The van der Waals surface area contributed by atoms with Crippen molar-refractivity contribution in [2.75, 3.05) is 7.05 Å². The van der Waals surface area contributed by atoms with Crippen LogP contribution in [0.2, 0.25) is 0 Å². The average molecular weight is 361 g/mol. The summed E-state index contributed by atoms with van der Waals surface area (Å²) >= 11 is 0. The van der Waals surface area contributed by atoms with Gasteiger partial charge in [-0.1, -0.05) is 30.3 Å². The first-order valence-electron chi connectivity index (χ1n) is 9.62. The number of rotatable bonds is 3. The van der Waals surface area contributed by atoms with Crippen molar-refractivity contribution >= 4 is 11.6 Å². The summed E-state index contributed by atoms with van der Waals surface area (Å²) < 4.78 is 1.77. The number of piperidine rings is 1. The molecule has 6 heteroatoms. The maximum atomic E-state index is 13.2. The zero-order valence-corrected chi connectivity index (χ0v) is 15.4. The van der Waals surface area contributed by atoms with Crippen molar-refractivity contribution in [2.45, 2.75) is 43.8 Å². The van der Waals surface area contributed by atoms with Crippen LogP contribution in [-0.2, 0) is 0 Å². The molecule has 0 radical (unpaired) electrons. The van der Waals surface area contributed by atoms with Gasteiger partial charge in [0.25, 0.3) is 5.91 Å². The number of aromatic nitrogens is 3. The summed E-state index contributed by atoms with van der Waals surface area (Å²) in [4.78, 5) is 19.6. The van der Waals surface area contributed by atoms with Crippen LogP contribution in [0.3, 0.4) is 0 Å². The van der Waals surface area contributed by atoms with E-state index in [0.29, 0.717) is 23.3 Å². The Morgan fingerprint density at radius 3 is 2.63 bits per heavy atom. The largest absolute Gasteiger partial charge is 0.338 e. The number of carbonyl (C=O) groups is 1. The predicted molar refractivity (Wildman–Crippen MR) is 103 cm³/mol. The van der Waals surface area contributed by atoms with Crippen molar-refractivity contribution < 1.29 is 4.79 Å². The van der Waals surface area contributed by atoms with Gasteiger partial charge in [-0.2, -0.15) is 5.10 Å². The number of fused-ring (bicyclic) bond motifs is 3. The minimum atomic E-state index is 0.00834. The molecule has 5 rings (SSSR count). The van der Waals surface area contributed by atoms with Gasteiger partial charge >= 0.3 is 0 Å². The number of benzene rings is 1. The van der Waals surface area contributed by atoms with Gasteiger partial charge in [-0.15, -0.1) is 0 Å². The Hall–Kier alpha value is -2.73. The zero-order valence-electron chi connectivity index (χ0n) is 15.4. The number of hydrogen-bond acceptors (Lipinski definition) is 4. The van der Waals surface area contributed by atoms with Gasteiger partial charge in [0.1, 0.15) is 5.56 Å². The normalized spacial score (nSPS) is 24.3. The topological polar surface area (TPSA) is 62.5 Å². The second kappa shape index (κ2) is 6.46. The zero-order chi connectivity index (χ0) is 18.4. The Morgan fingerprint density at radius 1 is 1.15 bits per heavy atom. The van der Waals surface area contributed by atoms with Crippen molar-refractivity contribution in [1.29, 1.82) is 0 Å². The van der Waals surface area contributed by atoms with Crippen LogP contribution >= 0.6 is 0 Å². The van der Waals surface area contributed by atoms with Crippen molar-refractivity contribution in [3.63, 3.8) is 0 Å². The molecule has 2 fully saturated rings. The first-order valence-corrected chi connectivity index (χ1v) is 9.62. The maximum Gasteiger partial charge on any atom is 0.259 e. The monoisotopic (exact) mass is 361 g/mol. The van der Waals surface area contributed by atoms with Gasteiger partial charge in [0.2, 0.25) is 0 Å². The highest BCUT2D eigenvalue weighted by atomic mass is 16.2. The van der Waals surface area contributed by atoms with Crippen molar-refractivity contribution in [1.82, 2.24) is 24.8 Å². The van der Waals surface area contributed by atoms with Gasteiger partial charge < -0.3 is 10.2 Å². The van der Waals surface area contributed by atoms with E-state index in [4.69, 9.17) is 0 Å². The minimum absolute atomic E-state index is 0.00834. The summed E-state index contributed by atoms with van der Waals surface area (Å²) in [7, 11) is 1.92. The van der Waals surface area contributed by atoms with Gasteiger partial charge in [-0.05, 0) is 31.7 Å².